The van der Waals surface area contributed by atoms with Crippen LogP contribution in [0.2, 0.25) is 10.0 Å². The van der Waals surface area contributed by atoms with Gasteiger partial charge in [0.25, 0.3) is 10.0 Å². The molecule has 0 spiro atoms. The van der Waals surface area contributed by atoms with Crippen LogP contribution in [0.5, 0.6) is 5.75 Å². The van der Waals surface area contributed by atoms with E-state index in [0.717, 1.165) is 0 Å². The standard InChI is InChI=1S/C14H12BrCl2NO3S/c1-2-21-13-6-3-9(15)7-14(13)22(19,20)18-12-8-10(16)4-5-11(12)17/h3-8,18H,2H2,1H3. The van der Waals surface area contributed by atoms with Gasteiger partial charge in [0, 0.05) is 9.50 Å². The number of benzene rings is 2. The van der Waals surface area contributed by atoms with Crippen molar-refractivity contribution in [1.29, 1.82) is 0 Å². The van der Waals surface area contributed by atoms with E-state index in [2.05, 4.69) is 20.7 Å². The maximum Gasteiger partial charge on any atom is 0.265 e. The summed E-state index contributed by atoms with van der Waals surface area (Å²) in [6, 6.07) is 9.29. The first-order valence-electron chi connectivity index (χ1n) is 6.23. The van der Waals surface area contributed by atoms with Crippen LogP contribution in [0.15, 0.2) is 45.8 Å². The minimum atomic E-state index is -3.88. The Labute approximate surface area is 147 Å². The van der Waals surface area contributed by atoms with E-state index >= 15 is 0 Å². The van der Waals surface area contributed by atoms with Gasteiger partial charge in [-0.25, -0.2) is 8.42 Å². The van der Waals surface area contributed by atoms with Crippen molar-refractivity contribution in [2.24, 2.45) is 0 Å². The molecular formula is C14H12BrCl2NO3S. The Kier molecular flexibility index (Phi) is 5.60. The van der Waals surface area contributed by atoms with Gasteiger partial charge in [-0.3, -0.25) is 4.72 Å². The van der Waals surface area contributed by atoms with E-state index < -0.39 is 10.0 Å². The molecule has 0 aliphatic heterocycles. The lowest BCUT2D eigenvalue weighted by Gasteiger charge is -2.14. The Bertz CT molecular complexity index is 797. The zero-order chi connectivity index (χ0) is 16.3. The highest BCUT2D eigenvalue weighted by Gasteiger charge is 2.21. The third-order valence-corrected chi connectivity index (χ3v) is 5.11. The third kappa shape index (κ3) is 4.07. The Balaban J connectivity index is 2.46. The van der Waals surface area contributed by atoms with Crippen LogP contribution in [0.4, 0.5) is 5.69 Å². The largest absolute Gasteiger partial charge is 0.492 e. The molecule has 22 heavy (non-hydrogen) atoms. The average Bonchev–Trinajstić information content (AvgIpc) is 2.45. The lowest BCUT2D eigenvalue weighted by molar-refractivity contribution is 0.331. The second kappa shape index (κ2) is 7.08. The molecule has 0 aliphatic carbocycles. The molecular weight excluding hydrogens is 413 g/mol. The Morgan fingerprint density at radius 2 is 1.91 bits per heavy atom. The molecule has 0 saturated carbocycles. The van der Waals surface area contributed by atoms with E-state index in [1.165, 1.54) is 18.2 Å². The fourth-order valence-electron chi connectivity index (χ4n) is 1.74. The Morgan fingerprint density at radius 3 is 2.59 bits per heavy atom. The normalized spacial score (nSPS) is 11.3. The van der Waals surface area contributed by atoms with E-state index in [4.69, 9.17) is 27.9 Å². The number of hydrogen-bond acceptors (Lipinski definition) is 3. The first-order chi connectivity index (χ1) is 10.3. The van der Waals surface area contributed by atoms with Crippen LogP contribution in [-0.2, 0) is 10.0 Å². The van der Waals surface area contributed by atoms with Gasteiger partial charge < -0.3 is 4.74 Å². The highest BCUT2D eigenvalue weighted by Crippen LogP contribution is 2.32. The molecule has 0 radical (unpaired) electrons. The van der Waals surface area contributed by atoms with E-state index in [1.807, 2.05) is 0 Å². The number of halogens is 3. The number of sulfonamides is 1. The van der Waals surface area contributed by atoms with Crippen LogP contribution in [-0.4, -0.2) is 15.0 Å². The summed E-state index contributed by atoms with van der Waals surface area (Å²) in [6.07, 6.45) is 0. The molecule has 8 heteroatoms. The number of nitrogens with one attached hydrogen (secondary N) is 1. The van der Waals surface area contributed by atoms with Gasteiger partial charge in [0.2, 0.25) is 0 Å². The summed E-state index contributed by atoms with van der Waals surface area (Å²) in [7, 11) is -3.88. The summed E-state index contributed by atoms with van der Waals surface area (Å²) >= 11 is 15.1. The molecule has 118 valence electrons. The molecule has 0 atom stereocenters. The molecule has 0 amide bonds. The van der Waals surface area contributed by atoms with Gasteiger partial charge in [-0.2, -0.15) is 0 Å². The van der Waals surface area contributed by atoms with Crippen LogP contribution in [0.3, 0.4) is 0 Å². The van der Waals surface area contributed by atoms with Crippen molar-refractivity contribution in [3.8, 4) is 5.75 Å². The fourth-order valence-corrected chi connectivity index (χ4v) is 3.89. The van der Waals surface area contributed by atoms with Crippen LogP contribution < -0.4 is 9.46 Å². The van der Waals surface area contributed by atoms with Gasteiger partial charge in [0.05, 0.1) is 17.3 Å². The van der Waals surface area contributed by atoms with E-state index in [1.54, 1.807) is 25.1 Å². The molecule has 2 aromatic rings. The lowest BCUT2D eigenvalue weighted by atomic mass is 10.3. The van der Waals surface area contributed by atoms with Crippen LogP contribution in [0, 0.1) is 0 Å². The van der Waals surface area contributed by atoms with Crippen molar-refractivity contribution in [1.82, 2.24) is 0 Å². The van der Waals surface area contributed by atoms with E-state index in [9.17, 15) is 8.42 Å². The monoisotopic (exact) mass is 423 g/mol. The van der Waals surface area contributed by atoms with Gasteiger partial charge >= 0.3 is 0 Å². The molecule has 2 rings (SSSR count). The zero-order valence-corrected chi connectivity index (χ0v) is 15.4. The molecule has 4 nitrogen and oxygen atoms in total. The highest BCUT2D eigenvalue weighted by atomic mass is 79.9. The Morgan fingerprint density at radius 1 is 1.18 bits per heavy atom. The zero-order valence-electron chi connectivity index (χ0n) is 11.4. The molecule has 0 aromatic heterocycles. The van der Waals surface area contributed by atoms with E-state index in [0.29, 0.717) is 16.1 Å². The van der Waals surface area contributed by atoms with Crippen molar-refractivity contribution >= 4 is 54.8 Å². The van der Waals surface area contributed by atoms with E-state index in [-0.39, 0.29) is 21.4 Å². The summed E-state index contributed by atoms with van der Waals surface area (Å²) in [5.74, 6) is 0.261. The van der Waals surface area contributed by atoms with Gasteiger partial charge in [0.15, 0.2) is 0 Å². The second-order valence-electron chi connectivity index (χ2n) is 4.25. The summed E-state index contributed by atoms with van der Waals surface area (Å²) in [5.41, 5.74) is 0.205. The molecule has 2 aromatic carbocycles. The predicted molar refractivity (Wildman–Crippen MR) is 92.6 cm³/mol. The predicted octanol–water partition coefficient (Wildman–Crippen LogP) is 4.96. The van der Waals surface area contributed by atoms with Crippen LogP contribution in [0.25, 0.3) is 0 Å². The Hall–Kier alpha value is -0.950. The molecule has 0 heterocycles. The highest BCUT2D eigenvalue weighted by molar-refractivity contribution is 9.10. The van der Waals surface area contributed by atoms with Crippen molar-refractivity contribution in [2.75, 3.05) is 11.3 Å². The maximum absolute atomic E-state index is 12.6. The summed E-state index contributed by atoms with van der Waals surface area (Å²) in [4.78, 5) is 0.0137. The first kappa shape index (κ1) is 17.4. The number of ether oxygens (including phenoxy) is 1. The van der Waals surface area contributed by atoms with Gasteiger partial charge in [-0.15, -0.1) is 0 Å². The fraction of sp³-hybridized carbons (Fsp3) is 0.143. The molecule has 0 bridgehead atoms. The SMILES string of the molecule is CCOc1ccc(Br)cc1S(=O)(=O)Nc1cc(Cl)ccc1Cl. The number of anilines is 1. The van der Waals surface area contributed by atoms with Crippen LogP contribution in [0.1, 0.15) is 6.92 Å². The molecule has 0 fully saturated rings. The minimum absolute atomic E-state index is 0.0137. The minimum Gasteiger partial charge on any atom is -0.492 e. The maximum atomic E-state index is 12.6. The first-order valence-corrected chi connectivity index (χ1v) is 9.27. The molecule has 0 unspecified atom stereocenters. The van der Waals surface area contributed by atoms with Crippen molar-refractivity contribution in [2.45, 2.75) is 11.8 Å². The second-order valence-corrected chi connectivity index (χ2v) is 7.66. The van der Waals surface area contributed by atoms with Gasteiger partial charge in [-0.1, -0.05) is 39.1 Å². The molecule has 0 saturated heterocycles. The lowest BCUT2D eigenvalue weighted by Crippen LogP contribution is -2.15. The van der Waals surface area contributed by atoms with Crippen LogP contribution >= 0.6 is 39.1 Å². The summed E-state index contributed by atoms with van der Waals surface area (Å²) in [5, 5.41) is 0.627. The molecule has 0 aliphatic rings. The van der Waals surface area contributed by atoms with Gasteiger partial charge in [-0.05, 0) is 43.3 Å². The quantitative estimate of drug-likeness (QED) is 0.738. The van der Waals surface area contributed by atoms with Crippen molar-refractivity contribution in [3.63, 3.8) is 0 Å². The van der Waals surface area contributed by atoms with Crippen molar-refractivity contribution < 1.29 is 13.2 Å². The summed E-state index contributed by atoms with van der Waals surface area (Å²) in [6.45, 7) is 2.13. The third-order valence-electron chi connectivity index (χ3n) is 2.67. The van der Waals surface area contributed by atoms with Crippen molar-refractivity contribution in [3.05, 3.63) is 50.9 Å². The average molecular weight is 425 g/mol. The number of rotatable bonds is 5. The topological polar surface area (TPSA) is 55.4 Å². The molecule has 1 N–H and O–H groups in total. The van der Waals surface area contributed by atoms with Gasteiger partial charge in [0.1, 0.15) is 10.6 Å². The number of hydrogen-bond donors (Lipinski definition) is 1. The smallest absolute Gasteiger partial charge is 0.265 e. The summed E-state index contributed by atoms with van der Waals surface area (Å²) < 4.78 is 33.6.